The van der Waals surface area contributed by atoms with Gasteiger partial charge in [-0.2, -0.15) is 12.9 Å². The number of hydrogen-bond acceptors (Lipinski definition) is 16. The van der Waals surface area contributed by atoms with E-state index in [1.54, 1.807) is 18.2 Å². The minimum Gasteiger partial charge on any atom is -0.387 e. The predicted octanol–water partition coefficient (Wildman–Crippen LogP) is 0.712. The van der Waals surface area contributed by atoms with Crippen molar-refractivity contribution in [3.8, 4) is 0 Å². The number of nitrogens with two attached hydrogens (primary N) is 1. The number of nitrogen functional groups attached to an aromatic ring is 1. The highest BCUT2D eigenvalue weighted by Gasteiger charge is 2.48. The minimum absolute atomic E-state index is 0.0139. The zero-order chi connectivity index (χ0) is 30.9. The smallest absolute Gasteiger partial charge is 0.387 e. The van der Waals surface area contributed by atoms with Crippen LogP contribution in [-0.4, -0.2) is 74.2 Å². The number of benzene rings is 1. The Morgan fingerprint density at radius 1 is 0.833 bits per heavy atom. The molecule has 25 heteroatoms. The van der Waals surface area contributed by atoms with Crippen LogP contribution in [0.5, 0.6) is 0 Å². The molecule has 0 amide bonds. The Morgan fingerprint density at radius 2 is 1.43 bits per heavy atom. The Morgan fingerprint density at radius 3 is 2.07 bits per heavy atom. The SMILES string of the molecule is Nc1ncnc2c1ncn2[C@@H]1O[C@H](COP(=O)(O)OP(=O)(O)OP(=O)(O)OP(=O)(O)OCc2ccccc2)C(O)[C@@H]1O. The number of phosphoric ester groups is 2. The van der Waals surface area contributed by atoms with E-state index in [9.17, 15) is 48.0 Å². The standard InChI is InChI=1S/C17H23N5O16P4/c18-15-12-16(20-8-19-15)22(9-21-12)17-14(24)13(23)11(35-17)7-34-40(27,28)37-42(31,32)38-41(29,30)36-39(25,26)33-6-10-4-2-1-3-5-10/h1-5,8-9,11,13-14,17,23-24H,6-7H2,(H,25,26)(H,27,28)(H,29,30)(H,31,32)(H2,18,19,20)/t11-,13?,14+,17-/m1/s1. The third-order valence-corrected chi connectivity index (χ3v) is 11.1. The Balaban J connectivity index is 1.33. The van der Waals surface area contributed by atoms with Gasteiger partial charge in [0.05, 0.1) is 19.5 Å². The van der Waals surface area contributed by atoms with Crippen LogP contribution in [0.15, 0.2) is 43.0 Å². The second-order valence-corrected chi connectivity index (χ2v) is 14.5. The molecule has 42 heavy (non-hydrogen) atoms. The van der Waals surface area contributed by atoms with Gasteiger partial charge in [0.15, 0.2) is 17.7 Å². The van der Waals surface area contributed by atoms with Crippen LogP contribution in [0.4, 0.5) is 5.82 Å². The van der Waals surface area contributed by atoms with E-state index < -0.39 is 69.0 Å². The Kier molecular flexibility index (Phi) is 9.84. The Labute approximate surface area is 234 Å². The van der Waals surface area contributed by atoms with E-state index in [1.807, 2.05) is 0 Å². The summed E-state index contributed by atoms with van der Waals surface area (Å²) in [7, 11) is -23.0. The van der Waals surface area contributed by atoms with Gasteiger partial charge in [0, 0.05) is 0 Å². The van der Waals surface area contributed by atoms with E-state index in [0.717, 1.165) is 6.33 Å². The number of hydrogen-bond donors (Lipinski definition) is 7. The summed E-state index contributed by atoms with van der Waals surface area (Å²) in [5.41, 5.74) is 6.33. The molecule has 4 rings (SSSR count). The van der Waals surface area contributed by atoms with Gasteiger partial charge in [-0.3, -0.25) is 13.6 Å². The van der Waals surface area contributed by atoms with Crippen LogP contribution in [0.25, 0.3) is 11.2 Å². The van der Waals surface area contributed by atoms with Gasteiger partial charge in [-0.15, -0.1) is 0 Å². The first-order valence-electron chi connectivity index (χ1n) is 11.2. The summed E-state index contributed by atoms with van der Waals surface area (Å²) in [5.74, 6) is 0.0139. The monoisotopic (exact) mass is 677 g/mol. The molecule has 8 atom stereocenters. The summed E-state index contributed by atoms with van der Waals surface area (Å²) in [6.07, 6.45) is -4.02. The first kappa shape index (κ1) is 32.9. The van der Waals surface area contributed by atoms with Crippen LogP contribution < -0.4 is 5.73 Å². The first-order chi connectivity index (χ1) is 19.5. The molecular weight excluding hydrogens is 654 g/mol. The molecule has 232 valence electrons. The van der Waals surface area contributed by atoms with E-state index in [1.165, 1.54) is 23.0 Å². The molecule has 3 aromatic rings. The van der Waals surface area contributed by atoms with Crippen LogP contribution in [0.3, 0.4) is 0 Å². The predicted molar refractivity (Wildman–Crippen MR) is 135 cm³/mol. The van der Waals surface area contributed by atoms with Gasteiger partial charge in [-0.1, -0.05) is 30.3 Å². The van der Waals surface area contributed by atoms with Crippen molar-refractivity contribution in [3.05, 3.63) is 48.5 Å². The van der Waals surface area contributed by atoms with Crippen molar-refractivity contribution in [2.24, 2.45) is 0 Å². The normalized spacial score (nSPS) is 26.7. The van der Waals surface area contributed by atoms with Crippen molar-refractivity contribution in [1.29, 1.82) is 0 Å². The van der Waals surface area contributed by atoms with Crippen molar-refractivity contribution in [1.82, 2.24) is 19.5 Å². The second kappa shape index (κ2) is 12.6. The maximum Gasteiger partial charge on any atom is 0.490 e. The molecule has 2 aromatic heterocycles. The topological polar surface area (TPSA) is 315 Å². The number of fused-ring (bicyclic) bond motifs is 1. The number of aliphatic hydroxyl groups excluding tert-OH is 2. The highest BCUT2D eigenvalue weighted by atomic mass is 31.3. The number of rotatable bonds is 13. The molecule has 3 heterocycles. The summed E-state index contributed by atoms with van der Waals surface area (Å²) in [5, 5.41) is 20.7. The zero-order valence-corrected chi connectivity index (χ0v) is 24.3. The number of phosphoric acid groups is 4. The summed E-state index contributed by atoms with van der Waals surface area (Å²) in [4.78, 5) is 50.5. The van der Waals surface area contributed by atoms with Crippen molar-refractivity contribution in [3.63, 3.8) is 0 Å². The van der Waals surface area contributed by atoms with Crippen LogP contribution in [-0.2, 0) is 51.6 Å². The summed E-state index contributed by atoms with van der Waals surface area (Å²) >= 11 is 0. The van der Waals surface area contributed by atoms with Crippen molar-refractivity contribution in [2.45, 2.75) is 31.1 Å². The fourth-order valence-electron chi connectivity index (χ4n) is 3.52. The molecule has 1 aromatic carbocycles. The van der Waals surface area contributed by atoms with Crippen molar-refractivity contribution >= 4 is 48.3 Å². The molecule has 0 aliphatic carbocycles. The number of nitrogens with zero attached hydrogens (tertiary/aromatic N) is 4. The zero-order valence-electron chi connectivity index (χ0n) is 20.7. The van der Waals surface area contributed by atoms with E-state index in [-0.39, 0.29) is 17.0 Å². The van der Waals surface area contributed by atoms with Gasteiger partial charge in [0.1, 0.15) is 30.2 Å². The number of ether oxygens (including phenoxy) is 1. The molecule has 5 unspecified atom stereocenters. The molecule has 1 fully saturated rings. The van der Waals surface area contributed by atoms with E-state index in [2.05, 4.69) is 36.9 Å². The number of aromatic nitrogens is 4. The second-order valence-electron chi connectivity index (χ2n) is 8.30. The quantitative estimate of drug-likeness (QED) is 0.122. The van der Waals surface area contributed by atoms with Crippen molar-refractivity contribution in [2.75, 3.05) is 12.3 Å². The minimum atomic E-state index is -6.03. The van der Waals surface area contributed by atoms with Gasteiger partial charge < -0.3 is 40.3 Å². The molecule has 0 spiro atoms. The van der Waals surface area contributed by atoms with Gasteiger partial charge >= 0.3 is 31.3 Å². The summed E-state index contributed by atoms with van der Waals surface area (Å²) < 4.78 is 75.6. The highest BCUT2D eigenvalue weighted by molar-refractivity contribution is 7.69. The third-order valence-electron chi connectivity index (χ3n) is 5.26. The molecular formula is C17H23N5O16P4. The lowest BCUT2D eigenvalue weighted by Crippen LogP contribution is -2.33. The third kappa shape index (κ3) is 8.34. The van der Waals surface area contributed by atoms with Crippen LogP contribution in [0.1, 0.15) is 11.8 Å². The van der Waals surface area contributed by atoms with Gasteiger partial charge in [-0.05, 0) is 5.56 Å². The molecule has 1 aliphatic rings. The van der Waals surface area contributed by atoms with Gasteiger partial charge in [0.25, 0.3) is 0 Å². The van der Waals surface area contributed by atoms with Crippen LogP contribution in [0, 0.1) is 0 Å². The van der Waals surface area contributed by atoms with E-state index in [0.29, 0.717) is 5.56 Å². The average molecular weight is 677 g/mol. The average Bonchev–Trinajstić information content (AvgIpc) is 3.42. The molecule has 1 saturated heterocycles. The summed E-state index contributed by atoms with van der Waals surface area (Å²) in [6.45, 7) is -1.62. The van der Waals surface area contributed by atoms with Gasteiger partial charge in [0.2, 0.25) is 0 Å². The highest BCUT2D eigenvalue weighted by Crippen LogP contribution is 2.71. The molecule has 8 N–H and O–H groups in total. The Bertz CT molecular complexity index is 1610. The molecule has 0 saturated carbocycles. The Hall–Kier alpha value is -1.99. The largest absolute Gasteiger partial charge is 0.490 e. The maximum atomic E-state index is 12.2. The first-order valence-corrected chi connectivity index (χ1v) is 17.2. The van der Waals surface area contributed by atoms with Crippen LogP contribution >= 0.6 is 31.3 Å². The fourth-order valence-corrected chi connectivity index (χ4v) is 8.45. The molecule has 1 aliphatic heterocycles. The maximum absolute atomic E-state index is 12.2. The summed E-state index contributed by atoms with van der Waals surface area (Å²) in [6, 6.07) is 7.71. The van der Waals surface area contributed by atoms with Gasteiger partial charge in [-0.25, -0.2) is 33.2 Å². The van der Waals surface area contributed by atoms with E-state index >= 15 is 0 Å². The number of anilines is 1. The number of imidazole rings is 1. The van der Waals surface area contributed by atoms with E-state index in [4.69, 9.17) is 10.5 Å². The lowest BCUT2D eigenvalue weighted by molar-refractivity contribution is -0.0503. The molecule has 21 nitrogen and oxygen atoms in total. The van der Waals surface area contributed by atoms with Crippen molar-refractivity contribution < 1.29 is 74.8 Å². The molecule has 0 radical (unpaired) electrons. The number of aliphatic hydroxyl groups is 2. The lowest BCUT2D eigenvalue weighted by atomic mass is 10.1. The lowest BCUT2D eigenvalue weighted by Gasteiger charge is -2.20. The van der Waals surface area contributed by atoms with Crippen LogP contribution in [0.2, 0.25) is 0 Å². The fraction of sp³-hybridized carbons (Fsp3) is 0.353. The molecule has 0 bridgehead atoms.